The predicted octanol–water partition coefficient (Wildman–Crippen LogP) is 2.35. The number of thiophene rings is 2. The second kappa shape index (κ2) is 5.79. The van der Waals surface area contributed by atoms with Gasteiger partial charge in [0.2, 0.25) is 5.91 Å². The molecule has 6 heteroatoms. The Morgan fingerprint density at radius 1 is 1.22 bits per heavy atom. The van der Waals surface area contributed by atoms with Crippen LogP contribution in [0.3, 0.4) is 0 Å². The molecule has 2 rings (SSSR count). The van der Waals surface area contributed by atoms with Gasteiger partial charge in [0.15, 0.2) is 0 Å². The third-order valence-electron chi connectivity index (χ3n) is 2.30. The zero-order valence-electron chi connectivity index (χ0n) is 9.73. The van der Waals surface area contributed by atoms with E-state index in [9.17, 15) is 9.59 Å². The smallest absolute Gasteiger partial charge is 0.254 e. The first kappa shape index (κ1) is 12.8. The summed E-state index contributed by atoms with van der Waals surface area (Å²) in [4.78, 5) is 24.4. The Bertz CT molecular complexity index is 546. The maximum atomic E-state index is 11.8. The molecule has 2 aromatic rings. The van der Waals surface area contributed by atoms with Crippen molar-refractivity contribution in [3.63, 3.8) is 0 Å². The van der Waals surface area contributed by atoms with E-state index >= 15 is 0 Å². The quantitative estimate of drug-likeness (QED) is 0.903. The molecule has 0 saturated carbocycles. The van der Waals surface area contributed by atoms with E-state index in [0.717, 1.165) is 4.88 Å². The molecule has 0 bridgehead atoms. The van der Waals surface area contributed by atoms with Crippen LogP contribution < -0.4 is 10.6 Å². The average Bonchev–Trinajstić information content (AvgIpc) is 2.99. The number of carbonyl (C=O) groups excluding carboxylic acids is 2. The van der Waals surface area contributed by atoms with Crippen molar-refractivity contribution in [3.8, 4) is 0 Å². The highest BCUT2D eigenvalue weighted by Gasteiger charge is 2.14. The van der Waals surface area contributed by atoms with Gasteiger partial charge in [-0.2, -0.15) is 0 Å². The molecule has 0 saturated heterocycles. The summed E-state index contributed by atoms with van der Waals surface area (Å²) in [5, 5.41) is 9.63. The van der Waals surface area contributed by atoms with Crippen molar-refractivity contribution in [2.75, 3.05) is 12.4 Å². The molecule has 4 nitrogen and oxygen atoms in total. The monoisotopic (exact) mass is 280 g/mol. The summed E-state index contributed by atoms with van der Waals surface area (Å²) in [6.07, 6.45) is 0.336. The van der Waals surface area contributed by atoms with Crippen LogP contribution in [0.25, 0.3) is 0 Å². The first-order chi connectivity index (χ1) is 8.70. The second-order valence-electron chi connectivity index (χ2n) is 3.55. The van der Waals surface area contributed by atoms with Crippen LogP contribution in [0.5, 0.6) is 0 Å². The van der Waals surface area contributed by atoms with E-state index in [0.29, 0.717) is 17.0 Å². The second-order valence-corrected chi connectivity index (χ2v) is 5.50. The Balaban J connectivity index is 2.03. The topological polar surface area (TPSA) is 58.2 Å². The van der Waals surface area contributed by atoms with Crippen LogP contribution in [0.15, 0.2) is 29.0 Å². The van der Waals surface area contributed by atoms with Crippen LogP contribution >= 0.6 is 22.7 Å². The molecule has 0 aliphatic carbocycles. The molecule has 0 aromatic carbocycles. The van der Waals surface area contributed by atoms with Gasteiger partial charge in [-0.25, -0.2) is 0 Å². The first-order valence-corrected chi connectivity index (χ1v) is 7.08. The Morgan fingerprint density at radius 2 is 2.06 bits per heavy atom. The van der Waals surface area contributed by atoms with Gasteiger partial charge in [-0.3, -0.25) is 9.59 Å². The fraction of sp³-hybridized carbons (Fsp3) is 0.167. The summed E-state index contributed by atoms with van der Waals surface area (Å²) >= 11 is 2.89. The van der Waals surface area contributed by atoms with Crippen LogP contribution in [-0.4, -0.2) is 18.9 Å². The van der Waals surface area contributed by atoms with Crippen molar-refractivity contribution in [1.29, 1.82) is 0 Å². The average molecular weight is 280 g/mol. The van der Waals surface area contributed by atoms with E-state index in [2.05, 4.69) is 10.6 Å². The molecule has 94 valence electrons. The highest BCUT2D eigenvalue weighted by atomic mass is 32.1. The number of carbonyl (C=O) groups is 2. The fourth-order valence-electron chi connectivity index (χ4n) is 1.46. The van der Waals surface area contributed by atoms with Gasteiger partial charge in [-0.05, 0) is 22.9 Å². The van der Waals surface area contributed by atoms with E-state index in [4.69, 9.17) is 0 Å². The molecule has 18 heavy (non-hydrogen) atoms. The summed E-state index contributed by atoms with van der Waals surface area (Å²) in [6, 6.07) is 5.52. The Hall–Kier alpha value is -1.66. The molecule has 2 amide bonds. The molecule has 2 heterocycles. The lowest BCUT2D eigenvalue weighted by Gasteiger charge is -2.04. The van der Waals surface area contributed by atoms with Crippen LogP contribution in [0.4, 0.5) is 5.00 Å². The molecule has 2 aromatic heterocycles. The lowest BCUT2D eigenvalue weighted by atomic mass is 10.3. The van der Waals surface area contributed by atoms with E-state index in [1.54, 1.807) is 29.8 Å². The summed E-state index contributed by atoms with van der Waals surface area (Å²) in [5.74, 6) is -0.298. The molecular weight excluding hydrogens is 268 g/mol. The van der Waals surface area contributed by atoms with E-state index in [1.807, 2.05) is 17.5 Å². The molecule has 0 fully saturated rings. The number of rotatable bonds is 4. The number of amides is 2. The lowest BCUT2D eigenvalue weighted by molar-refractivity contribution is -0.115. The van der Waals surface area contributed by atoms with Gasteiger partial charge in [0.25, 0.3) is 5.91 Å². The number of hydrogen-bond acceptors (Lipinski definition) is 4. The van der Waals surface area contributed by atoms with E-state index in [1.165, 1.54) is 11.3 Å². The number of nitrogens with one attached hydrogen (secondary N) is 2. The third-order valence-corrected chi connectivity index (χ3v) is 4.01. The molecule has 0 aliphatic rings. The standard InChI is InChI=1S/C12H12N2O2S2/c1-13-11(16)9-4-6-18-12(9)14-10(15)7-8-3-2-5-17-8/h2-6H,7H2,1H3,(H,13,16)(H,14,15). The predicted molar refractivity (Wildman–Crippen MR) is 74.4 cm³/mol. The zero-order valence-corrected chi connectivity index (χ0v) is 11.4. The minimum Gasteiger partial charge on any atom is -0.355 e. The zero-order chi connectivity index (χ0) is 13.0. The first-order valence-electron chi connectivity index (χ1n) is 5.32. The fourth-order valence-corrected chi connectivity index (χ4v) is 2.97. The van der Waals surface area contributed by atoms with Crippen molar-refractivity contribution < 1.29 is 9.59 Å². The van der Waals surface area contributed by atoms with Gasteiger partial charge in [-0.15, -0.1) is 22.7 Å². The maximum Gasteiger partial charge on any atom is 0.254 e. The van der Waals surface area contributed by atoms with Crippen LogP contribution in [-0.2, 0) is 11.2 Å². The summed E-state index contributed by atoms with van der Waals surface area (Å²) in [5.41, 5.74) is 0.502. The molecular formula is C12H12N2O2S2. The van der Waals surface area contributed by atoms with Crippen molar-refractivity contribution in [2.24, 2.45) is 0 Å². The normalized spacial score (nSPS) is 10.1. The third kappa shape index (κ3) is 2.96. The maximum absolute atomic E-state index is 11.8. The van der Waals surface area contributed by atoms with Crippen molar-refractivity contribution >= 4 is 39.5 Å². The summed E-state index contributed by atoms with van der Waals surface area (Å²) in [7, 11) is 1.57. The lowest BCUT2D eigenvalue weighted by Crippen LogP contribution is -2.20. The molecule has 0 atom stereocenters. The molecule has 2 N–H and O–H groups in total. The highest BCUT2D eigenvalue weighted by Crippen LogP contribution is 2.23. The van der Waals surface area contributed by atoms with Gasteiger partial charge >= 0.3 is 0 Å². The Labute approximate surface area is 113 Å². The number of anilines is 1. The van der Waals surface area contributed by atoms with Crippen molar-refractivity contribution in [2.45, 2.75) is 6.42 Å². The summed E-state index contributed by atoms with van der Waals surface area (Å²) in [6.45, 7) is 0. The van der Waals surface area contributed by atoms with Crippen LogP contribution in [0, 0.1) is 0 Å². The largest absolute Gasteiger partial charge is 0.355 e. The van der Waals surface area contributed by atoms with E-state index in [-0.39, 0.29) is 11.8 Å². The van der Waals surface area contributed by atoms with Crippen LogP contribution in [0.1, 0.15) is 15.2 Å². The van der Waals surface area contributed by atoms with Gasteiger partial charge < -0.3 is 10.6 Å². The molecule has 0 radical (unpaired) electrons. The SMILES string of the molecule is CNC(=O)c1ccsc1NC(=O)Cc1cccs1. The Kier molecular flexibility index (Phi) is 4.11. The minimum absolute atomic E-state index is 0.106. The molecule has 0 spiro atoms. The Morgan fingerprint density at radius 3 is 2.72 bits per heavy atom. The van der Waals surface area contributed by atoms with Gasteiger partial charge in [0.05, 0.1) is 12.0 Å². The van der Waals surface area contributed by atoms with Crippen LogP contribution in [0.2, 0.25) is 0 Å². The highest BCUT2D eigenvalue weighted by molar-refractivity contribution is 7.14. The van der Waals surface area contributed by atoms with Gasteiger partial charge in [0.1, 0.15) is 5.00 Å². The summed E-state index contributed by atoms with van der Waals surface area (Å²) < 4.78 is 0. The number of hydrogen-bond donors (Lipinski definition) is 2. The van der Waals surface area contributed by atoms with Gasteiger partial charge in [0, 0.05) is 11.9 Å². The van der Waals surface area contributed by atoms with E-state index < -0.39 is 0 Å². The minimum atomic E-state index is -0.192. The van der Waals surface area contributed by atoms with Crippen molar-refractivity contribution in [3.05, 3.63) is 39.4 Å². The van der Waals surface area contributed by atoms with Crippen molar-refractivity contribution in [1.82, 2.24) is 5.32 Å². The molecule has 0 aliphatic heterocycles. The molecule has 0 unspecified atom stereocenters. The van der Waals surface area contributed by atoms with Gasteiger partial charge in [-0.1, -0.05) is 6.07 Å².